The number of benzene rings is 2. The number of amides is 2. The van der Waals surface area contributed by atoms with Crippen LogP contribution in [0.3, 0.4) is 0 Å². The predicted octanol–water partition coefficient (Wildman–Crippen LogP) is 4.93. The summed E-state index contributed by atoms with van der Waals surface area (Å²) < 4.78 is 0. The summed E-state index contributed by atoms with van der Waals surface area (Å²) in [5, 5.41) is 12.4. The molecule has 0 radical (unpaired) electrons. The van der Waals surface area contributed by atoms with Gasteiger partial charge in [-0.05, 0) is 48.2 Å². The fourth-order valence-corrected chi connectivity index (χ4v) is 7.02. The van der Waals surface area contributed by atoms with E-state index < -0.39 is 0 Å². The maximum atomic E-state index is 12.4. The summed E-state index contributed by atoms with van der Waals surface area (Å²) in [6.07, 6.45) is 6.39. The molecule has 0 aliphatic carbocycles. The highest BCUT2D eigenvalue weighted by molar-refractivity contribution is 7.13. The van der Waals surface area contributed by atoms with Crippen molar-refractivity contribution >= 4 is 56.1 Å². The van der Waals surface area contributed by atoms with Crippen molar-refractivity contribution in [1.82, 2.24) is 19.8 Å². The summed E-state index contributed by atoms with van der Waals surface area (Å²) in [5.41, 5.74) is 4.58. The molecule has 2 aromatic carbocycles. The Bertz CT molecular complexity index is 1390. The topological polar surface area (TPSA) is 96.9 Å². The Morgan fingerprint density at radius 2 is 1.07 bits per heavy atom. The number of nitrogens with zero attached hydrogens (tertiary/aromatic N) is 6. The van der Waals surface area contributed by atoms with E-state index >= 15 is 0 Å². The van der Waals surface area contributed by atoms with E-state index in [2.05, 4.69) is 54.7 Å². The van der Waals surface area contributed by atoms with E-state index in [0.29, 0.717) is 12.8 Å². The van der Waals surface area contributed by atoms with Crippen LogP contribution in [0.5, 0.6) is 0 Å². The van der Waals surface area contributed by atoms with E-state index in [1.54, 1.807) is 22.7 Å². The maximum Gasteiger partial charge on any atom is 0.223 e. The largest absolute Gasteiger partial charge is 0.388 e. The molecule has 10 nitrogen and oxygen atoms in total. The first kappa shape index (κ1) is 33.2. The Kier molecular flexibility index (Phi) is 12.2. The standard InChI is InChI=1S/2C17H22N4OS/c2*1-18-15-4-2-3-14(13-15)5-6-16(22)20-8-10-21(11-9-20)17-19-7-12-23-17/h2*2-4,7,12-13,18H,5-6,8-11H2,1H3. The first-order valence-electron chi connectivity index (χ1n) is 15.9. The molecule has 12 heteroatoms. The Hall–Kier alpha value is -4.16. The fraction of sp³-hybridized carbons (Fsp3) is 0.412. The summed E-state index contributed by atoms with van der Waals surface area (Å²) in [6, 6.07) is 16.5. The molecular weight excluding hydrogens is 617 g/mol. The second-order valence-electron chi connectivity index (χ2n) is 11.3. The normalized spacial score (nSPS) is 14.8. The molecule has 0 spiro atoms. The van der Waals surface area contributed by atoms with Crippen LogP contribution in [0.4, 0.5) is 21.6 Å². The van der Waals surface area contributed by atoms with Crippen LogP contribution in [0, 0.1) is 0 Å². The lowest BCUT2D eigenvalue weighted by Crippen LogP contribution is -2.48. The monoisotopic (exact) mass is 660 g/mol. The highest BCUT2D eigenvalue weighted by Crippen LogP contribution is 2.21. The molecule has 0 unspecified atom stereocenters. The van der Waals surface area contributed by atoms with Crippen LogP contribution in [0.2, 0.25) is 0 Å². The highest BCUT2D eigenvalue weighted by Gasteiger charge is 2.23. The van der Waals surface area contributed by atoms with Crippen LogP contribution < -0.4 is 20.4 Å². The van der Waals surface area contributed by atoms with Gasteiger partial charge in [0.25, 0.3) is 0 Å². The number of anilines is 4. The Morgan fingerprint density at radius 3 is 1.41 bits per heavy atom. The number of thiazole rings is 2. The third-order valence-electron chi connectivity index (χ3n) is 8.33. The molecule has 2 saturated heterocycles. The zero-order chi connectivity index (χ0) is 32.1. The van der Waals surface area contributed by atoms with Crippen molar-refractivity contribution in [2.75, 3.05) is 86.9 Å². The summed E-state index contributed by atoms with van der Waals surface area (Å²) in [7, 11) is 3.82. The van der Waals surface area contributed by atoms with Crippen molar-refractivity contribution < 1.29 is 9.59 Å². The second kappa shape index (κ2) is 17.0. The number of nitrogens with one attached hydrogen (secondary N) is 2. The van der Waals surface area contributed by atoms with E-state index in [4.69, 9.17) is 0 Å². The molecule has 0 saturated carbocycles. The molecule has 2 fully saturated rings. The number of rotatable bonds is 10. The van der Waals surface area contributed by atoms with E-state index in [1.165, 1.54) is 11.1 Å². The smallest absolute Gasteiger partial charge is 0.223 e. The quantitative estimate of drug-likeness (QED) is 0.247. The van der Waals surface area contributed by atoms with Gasteiger partial charge in [-0.2, -0.15) is 0 Å². The molecule has 2 aliphatic heterocycles. The lowest BCUT2D eigenvalue weighted by Gasteiger charge is -2.34. The van der Waals surface area contributed by atoms with Gasteiger partial charge in [0.05, 0.1) is 0 Å². The number of aryl methyl sites for hydroxylation is 2. The van der Waals surface area contributed by atoms with Crippen LogP contribution in [0.1, 0.15) is 24.0 Å². The fourth-order valence-electron chi connectivity index (χ4n) is 5.62. The number of piperazine rings is 2. The van der Waals surface area contributed by atoms with Gasteiger partial charge < -0.3 is 30.2 Å². The number of hydrogen-bond donors (Lipinski definition) is 2. The molecule has 0 atom stereocenters. The van der Waals surface area contributed by atoms with Gasteiger partial charge in [0, 0.05) is 114 Å². The van der Waals surface area contributed by atoms with E-state index in [1.807, 2.05) is 71.3 Å². The average molecular weight is 661 g/mol. The maximum absolute atomic E-state index is 12.4. The number of aromatic nitrogens is 2. The Balaban J connectivity index is 0.000000181. The molecule has 4 heterocycles. The van der Waals surface area contributed by atoms with E-state index in [0.717, 1.165) is 86.8 Å². The minimum Gasteiger partial charge on any atom is -0.388 e. The molecule has 46 heavy (non-hydrogen) atoms. The summed E-state index contributed by atoms with van der Waals surface area (Å²) in [5.74, 6) is 0.497. The number of carbonyl (C=O) groups excluding carboxylic acids is 2. The van der Waals surface area contributed by atoms with Crippen LogP contribution in [-0.2, 0) is 22.4 Å². The molecule has 0 bridgehead atoms. The van der Waals surface area contributed by atoms with E-state index in [-0.39, 0.29) is 11.8 Å². The molecule has 6 rings (SSSR count). The van der Waals surface area contributed by atoms with Crippen molar-refractivity contribution in [3.63, 3.8) is 0 Å². The average Bonchev–Trinajstić information content (AvgIpc) is 3.86. The van der Waals surface area contributed by atoms with E-state index in [9.17, 15) is 9.59 Å². The minimum absolute atomic E-state index is 0.249. The second-order valence-corrected chi connectivity index (χ2v) is 13.0. The van der Waals surface area contributed by atoms with Gasteiger partial charge >= 0.3 is 0 Å². The van der Waals surface area contributed by atoms with Gasteiger partial charge in [-0.25, -0.2) is 9.97 Å². The lowest BCUT2D eigenvalue weighted by molar-refractivity contribution is -0.132. The molecule has 2 N–H and O–H groups in total. The van der Waals surface area contributed by atoms with Crippen molar-refractivity contribution in [3.05, 3.63) is 82.8 Å². The van der Waals surface area contributed by atoms with Gasteiger partial charge in [-0.1, -0.05) is 24.3 Å². The van der Waals surface area contributed by atoms with Gasteiger partial charge in [-0.15, -0.1) is 22.7 Å². The molecule has 2 aliphatic rings. The Morgan fingerprint density at radius 1 is 0.652 bits per heavy atom. The summed E-state index contributed by atoms with van der Waals surface area (Å²) in [4.78, 5) is 41.9. The van der Waals surface area contributed by atoms with Crippen LogP contribution in [-0.4, -0.2) is 98.0 Å². The lowest BCUT2D eigenvalue weighted by atomic mass is 10.1. The summed E-state index contributed by atoms with van der Waals surface area (Å²) >= 11 is 3.31. The van der Waals surface area contributed by atoms with Gasteiger partial charge in [0.15, 0.2) is 10.3 Å². The van der Waals surface area contributed by atoms with Gasteiger partial charge in [0.1, 0.15) is 0 Å². The van der Waals surface area contributed by atoms with Gasteiger partial charge in [0.2, 0.25) is 11.8 Å². The number of carbonyl (C=O) groups is 2. The van der Waals surface area contributed by atoms with Crippen molar-refractivity contribution in [1.29, 1.82) is 0 Å². The van der Waals surface area contributed by atoms with Crippen molar-refractivity contribution in [2.45, 2.75) is 25.7 Å². The third-order valence-corrected chi connectivity index (χ3v) is 10.00. The molecule has 2 aromatic heterocycles. The molecule has 4 aromatic rings. The summed E-state index contributed by atoms with van der Waals surface area (Å²) in [6.45, 7) is 6.62. The van der Waals surface area contributed by atoms with Crippen LogP contribution >= 0.6 is 22.7 Å². The van der Waals surface area contributed by atoms with Crippen molar-refractivity contribution in [3.8, 4) is 0 Å². The predicted molar refractivity (Wildman–Crippen MR) is 190 cm³/mol. The molecular formula is C34H44N8O2S2. The zero-order valence-electron chi connectivity index (χ0n) is 26.7. The zero-order valence-corrected chi connectivity index (χ0v) is 28.4. The van der Waals surface area contributed by atoms with Crippen molar-refractivity contribution in [2.24, 2.45) is 0 Å². The highest BCUT2D eigenvalue weighted by atomic mass is 32.1. The third kappa shape index (κ3) is 9.43. The first-order valence-corrected chi connectivity index (χ1v) is 17.7. The van der Waals surface area contributed by atoms with Crippen LogP contribution in [0.15, 0.2) is 71.7 Å². The minimum atomic E-state index is 0.249. The number of hydrogen-bond acceptors (Lipinski definition) is 10. The van der Waals surface area contributed by atoms with Gasteiger partial charge in [-0.3, -0.25) is 9.59 Å². The Labute approximate surface area is 280 Å². The first-order chi connectivity index (χ1) is 22.5. The SMILES string of the molecule is CNc1cccc(CCC(=O)N2CCN(c3nccs3)CC2)c1.CNc1cccc(CCC(=O)N2CCN(c3nccs3)CC2)c1. The molecule has 2 amide bonds. The molecule has 244 valence electrons. The van der Waals surface area contributed by atoms with Crippen LogP contribution in [0.25, 0.3) is 0 Å².